The molecule has 3 aromatic carbocycles. The first-order chi connectivity index (χ1) is 10.5. The maximum atomic E-state index is 12.9. The van der Waals surface area contributed by atoms with Crippen LogP contribution in [0, 0.1) is 0 Å². The van der Waals surface area contributed by atoms with Gasteiger partial charge in [0.1, 0.15) is 5.75 Å². The molecule has 0 aromatic heterocycles. The largest absolute Gasteiger partial charge is 0.508 e. The lowest BCUT2D eigenvalue weighted by molar-refractivity contribution is 0.475. The molecule has 112 valence electrons. The van der Waals surface area contributed by atoms with Gasteiger partial charge >= 0.3 is 0 Å². The minimum absolute atomic E-state index is 0.0526. The van der Waals surface area contributed by atoms with Gasteiger partial charge in [-0.05, 0) is 40.9 Å². The van der Waals surface area contributed by atoms with Crippen LogP contribution in [0.5, 0.6) is 5.75 Å². The molecule has 0 radical (unpaired) electrons. The number of halogens is 1. The smallest absolute Gasteiger partial charge is 0.117 e. The molecule has 22 heavy (non-hydrogen) atoms. The second-order valence-electron chi connectivity index (χ2n) is 4.95. The summed E-state index contributed by atoms with van der Waals surface area (Å²) in [6, 6.07) is 17.8. The van der Waals surface area contributed by atoms with E-state index in [9.17, 15) is 9.32 Å². The number of hydrogen-bond acceptors (Lipinski definition) is 2. The average Bonchev–Trinajstić information content (AvgIpc) is 2.49. The number of hydrogen-bond donors (Lipinski definition) is 2. The standard InChI is InChI=1S/C17H14ClNO2S/c1-22(21,19-17-9-7-14(20)11-16(17)18)15-8-6-12-4-2-3-5-13(12)10-15/h2-11,20H,1H2,(H,19,21). The highest BCUT2D eigenvalue weighted by molar-refractivity contribution is 8.01. The summed E-state index contributed by atoms with van der Waals surface area (Å²) in [6.45, 7) is 0. The lowest BCUT2D eigenvalue weighted by Gasteiger charge is -2.15. The van der Waals surface area contributed by atoms with E-state index in [1.54, 1.807) is 12.1 Å². The molecule has 2 N–H and O–H groups in total. The fourth-order valence-electron chi connectivity index (χ4n) is 2.20. The van der Waals surface area contributed by atoms with E-state index in [1.807, 2.05) is 36.4 Å². The van der Waals surface area contributed by atoms with Gasteiger partial charge < -0.3 is 9.83 Å². The van der Waals surface area contributed by atoms with Crippen molar-refractivity contribution >= 4 is 43.6 Å². The molecule has 1 atom stereocenters. The molecule has 5 heteroatoms. The molecular formula is C17H14ClNO2S. The van der Waals surface area contributed by atoms with Crippen LogP contribution < -0.4 is 4.72 Å². The summed E-state index contributed by atoms with van der Waals surface area (Å²) in [4.78, 5) is 0.593. The molecule has 0 amide bonds. The first-order valence-corrected chi connectivity index (χ1v) is 8.68. The molecular weight excluding hydrogens is 318 g/mol. The van der Waals surface area contributed by atoms with Crippen LogP contribution in [-0.4, -0.2) is 15.2 Å². The number of benzene rings is 3. The summed E-state index contributed by atoms with van der Waals surface area (Å²) in [7, 11) is -2.76. The fraction of sp³-hybridized carbons (Fsp3) is 0. The zero-order chi connectivity index (χ0) is 15.7. The Morgan fingerprint density at radius 3 is 2.45 bits per heavy atom. The number of phenols is 1. The van der Waals surface area contributed by atoms with Crippen molar-refractivity contribution in [2.75, 3.05) is 4.72 Å². The summed E-state index contributed by atoms with van der Waals surface area (Å²) < 4.78 is 15.8. The normalized spacial score (nSPS) is 13.7. The topological polar surface area (TPSA) is 49.3 Å². The molecule has 0 heterocycles. The third-order valence-corrected chi connectivity index (χ3v) is 5.21. The van der Waals surface area contributed by atoms with Crippen molar-refractivity contribution in [3.05, 3.63) is 65.7 Å². The van der Waals surface area contributed by atoms with Crippen LogP contribution in [-0.2, 0) is 9.71 Å². The maximum absolute atomic E-state index is 12.9. The Bertz CT molecular complexity index is 952. The van der Waals surface area contributed by atoms with Gasteiger partial charge in [-0.3, -0.25) is 0 Å². The van der Waals surface area contributed by atoms with Crippen molar-refractivity contribution in [1.82, 2.24) is 0 Å². The van der Waals surface area contributed by atoms with Crippen molar-refractivity contribution in [3.63, 3.8) is 0 Å². The Labute approximate surface area is 134 Å². The third kappa shape index (κ3) is 2.89. The van der Waals surface area contributed by atoms with Gasteiger partial charge in [-0.25, -0.2) is 4.21 Å². The third-order valence-electron chi connectivity index (χ3n) is 3.33. The Morgan fingerprint density at radius 2 is 1.73 bits per heavy atom. The Balaban J connectivity index is 2.00. The van der Waals surface area contributed by atoms with Gasteiger partial charge in [0.2, 0.25) is 0 Å². The number of phenolic OH excluding ortho intramolecular Hbond substituents is 1. The minimum atomic E-state index is -2.76. The Hall–Kier alpha value is -2.17. The number of rotatable bonds is 3. The van der Waals surface area contributed by atoms with Crippen molar-refractivity contribution in [2.45, 2.75) is 4.90 Å². The zero-order valence-electron chi connectivity index (χ0n) is 11.6. The fourth-order valence-corrected chi connectivity index (χ4v) is 3.73. The summed E-state index contributed by atoms with van der Waals surface area (Å²) in [5, 5.41) is 11.7. The highest BCUT2D eigenvalue weighted by Crippen LogP contribution is 2.28. The van der Waals surface area contributed by atoms with Crippen LogP contribution in [0.2, 0.25) is 5.02 Å². The molecule has 0 bridgehead atoms. The van der Waals surface area contributed by atoms with Crippen LogP contribution >= 0.6 is 11.6 Å². The quantitative estimate of drug-likeness (QED) is 0.555. The average molecular weight is 332 g/mol. The Kier molecular flexibility index (Phi) is 3.72. The lowest BCUT2D eigenvalue weighted by atomic mass is 10.1. The summed E-state index contributed by atoms with van der Waals surface area (Å²) in [5.41, 5.74) is 0.465. The molecule has 1 unspecified atom stereocenters. The van der Waals surface area contributed by atoms with E-state index in [2.05, 4.69) is 10.6 Å². The molecule has 0 saturated heterocycles. The molecule has 0 saturated carbocycles. The van der Waals surface area contributed by atoms with Crippen LogP contribution in [0.3, 0.4) is 0 Å². The van der Waals surface area contributed by atoms with E-state index >= 15 is 0 Å². The van der Waals surface area contributed by atoms with Crippen LogP contribution in [0.25, 0.3) is 10.8 Å². The van der Waals surface area contributed by atoms with Crippen LogP contribution in [0.15, 0.2) is 65.6 Å². The van der Waals surface area contributed by atoms with Crippen LogP contribution in [0.1, 0.15) is 0 Å². The zero-order valence-corrected chi connectivity index (χ0v) is 13.2. The molecule has 3 nitrogen and oxygen atoms in total. The maximum Gasteiger partial charge on any atom is 0.117 e. The van der Waals surface area contributed by atoms with Gasteiger partial charge in [-0.1, -0.05) is 41.9 Å². The van der Waals surface area contributed by atoms with Crippen molar-refractivity contribution in [2.24, 2.45) is 0 Å². The second kappa shape index (κ2) is 5.55. The van der Waals surface area contributed by atoms with E-state index < -0.39 is 9.71 Å². The van der Waals surface area contributed by atoms with E-state index in [1.165, 1.54) is 12.1 Å². The minimum Gasteiger partial charge on any atom is -0.508 e. The van der Waals surface area contributed by atoms with E-state index in [4.69, 9.17) is 11.6 Å². The lowest BCUT2D eigenvalue weighted by Crippen LogP contribution is -2.12. The molecule has 0 aliphatic heterocycles. The second-order valence-corrected chi connectivity index (χ2v) is 7.38. The van der Waals surface area contributed by atoms with Gasteiger partial charge in [-0.15, -0.1) is 0 Å². The molecule has 3 rings (SSSR count). The highest BCUT2D eigenvalue weighted by Gasteiger charge is 2.11. The van der Waals surface area contributed by atoms with Gasteiger partial charge in [0.15, 0.2) is 0 Å². The van der Waals surface area contributed by atoms with E-state index in [0.29, 0.717) is 10.6 Å². The number of anilines is 1. The predicted molar refractivity (Wildman–Crippen MR) is 94.2 cm³/mol. The summed E-state index contributed by atoms with van der Waals surface area (Å²) >= 11 is 6.04. The predicted octanol–water partition coefficient (Wildman–Crippen LogP) is 4.30. The summed E-state index contributed by atoms with van der Waals surface area (Å²) in [5.74, 6) is 3.85. The van der Waals surface area contributed by atoms with Gasteiger partial charge in [-0.2, -0.15) is 0 Å². The van der Waals surface area contributed by atoms with Crippen molar-refractivity contribution in [1.29, 1.82) is 0 Å². The van der Waals surface area contributed by atoms with E-state index in [-0.39, 0.29) is 10.8 Å². The first-order valence-electron chi connectivity index (χ1n) is 6.58. The van der Waals surface area contributed by atoms with Crippen LogP contribution in [0.4, 0.5) is 5.69 Å². The number of fused-ring (bicyclic) bond motifs is 1. The number of nitrogens with one attached hydrogen (secondary N) is 1. The SMILES string of the molecule is C=S(=O)(Nc1ccc(O)cc1Cl)c1ccc2ccccc2c1. The highest BCUT2D eigenvalue weighted by atomic mass is 35.5. The first kappa shape index (κ1) is 14.8. The molecule has 0 fully saturated rings. The van der Waals surface area contributed by atoms with E-state index in [0.717, 1.165) is 10.8 Å². The summed E-state index contributed by atoms with van der Waals surface area (Å²) in [6.07, 6.45) is 0. The monoisotopic (exact) mass is 331 g/mol. The van der Waals surface area contributed by atoms with Crippen molar-refractivity contribution < 1.29 is 9.32 Å². The molecule has 0 spiro atoms. The van der Waals surface area contributed by atoms with Crippen molar-refractivity contribution in [3.8, 4) is 5.75 Å². The molecule has 3 aromatic rings. The molecule has 0 aliphatic carbocycles. The van der Waals surface area contributed by atoms with Gasteiger partial charge in [0.05, 0.1) is 25.3 Å². The Morgan fingerprint density at radius 1 is 1.00 bits per heavy atom. The van der Waals surface area contributed by atoms with Gasteiger partial charge in [0.25, 0.3) is 0 Å². The number of aromatic hydroxyl groups is 1. The van der Waals surface area contributed by atoms with Gasteiger partial charge in [0, 0.05) is 6.07 Å². The molecule has 0 aliphatic rings.